The fourth-order valence-electron chi connectivity index (χ4n) is 6.57. The molecule has 1 saturated heterocycles. The number of aryl methyl sites for hydroxylation is 1. The summed E-state index contributed by atoms with van der Waals surface area (Å²) in [6.07, 6.45) is -2.24. The number of carbonyl (C=O) groups is 1. The zero-order valence-corrected chi connectivity index (χ0v) is 29.9. The average molecular weight is 692 g/mol. The van der Waals surface area contributed by atoms with E-state index in [1.54, 1.807) is 26.4 Å². The van der Waals surface area contributed by atoms with Crippen LogP contribution in [0, 0.1) is 6.92 Å². The highest BCUT2D eigenvalue weighted by atomic mass is 16.6. The van der Waals surface area contributed by atoms with E-state index in [9.17, 15) is 9.90 Å². The third kappa shape index (κ3) is 7.37. The topological polar surface area (TPSA) is 99.8 Å². The molecule has 51 heavy (non-hydrogen) atoms. The molecule has 6 rings (SSSR count). The maximum atomic E-state index is 13.9. The van der Waals surface area contributed by atoms with Gasteiger partial charge < -0.3 is 33.2 Å². The highest BCUT2D eigenvalue weighted by Gasteiger charge is 2.49. The highest BCUT2D eigenvalue weighted by Crippen LogP contribution is 2.46. The molecule has 0 spiro atoms. The summed E-state index contributed by atoms with van der Waals surface area (Å²) in [6.45, 7) is 7.10. The first-order chi connectivity index (χ1) is 24.6. The number of hydrogen-bond donors (Lipinski definition) is 1. The Balaban J connectivity index is 1.40. The van der Waals surface area contributed by atoms with E-state index < -0.39 is 35.7 Å². The molecule has 1 N–H and O–H groups in total. The van der Waals surface area contributed by atoms with E-state index in [1.165, 1.54) is 4.90 Å². The molecule has 3 atom stereocenters. The van der Waals surface area contributed by atoms with Crippen LogP contribution >= 0.6 is 0 Å². The number of hydrogen-bond acceptors (Lipinski definition) is 8. The molecule has 0 radical (unpaired) electrons. The molecule has 0 bridgehead atoms. The molecule has 1 fully saturated rings. The summed E-state index contributed by atoms with van der Waals surface area (Å²) in [5, 5.41) is 10.6. The number of rotatable bonds is 11. The number of aliphatic hydroxyl groups excluding tert-OH is 1. The number of methoxy groups -OCH3 is 2. The number of amides is 1. The van der Waals surface area contributed by atoms with E-state index >= 15 is 0 Å². The molecule has 1 unspecified atom stereocenters. The van der Waals surface area contributed by atoms with Crippen LogP contribution in [0.25, 0.3) is 0 Å². The van der Waals surface area contributed by atoms with Crippen LogP contribution in [0.3, 0.4) is 0 Å². The second-order valence-electron chi connectivity index (χ2n) is 13.5. The van der Waals surface area contributed by atoms with Crippen molar-refractivity contribution in [1.82, 2.24) is 4.90 Å². The molecule has 266 valence electrons. The van der Waals surface area contributed by atoms with E-state index in [4.69, 9.17) is 28.1 Å². The standard InChI is InChI=1S/C42H45NO8/c1-28-30(27-48-42(31-13-9-7-10-14-31,32-15-11-8-12-16-32)33-19-23-35(47-6)24-20-33)25-36(49-28)38-37(26-44)50-39(29-17-21-34(46-5)22-18-29)43(38)40(45)51-41(2,3)4/h7-25,37-39,44H,26-27H2,1-6H3/t37-,38-,39?/m0/s1. The first-order valence-corrected chi connectivity index (χ1v) is 17.0. The Morgan fingerprint density at radius 3 is 1.82 bits per heavy atom. The number of aliphatic hydroxyl groups is 1. The fourth-order valence-corrected chi connectivity index (χ4v) is 6.57. The van der Waals surface area contributed by atoms with Crippen molar-refractivity contribution >= 4 is 6.09 Å². The van der Waals surface area contributed by atoms with Crippen LogP contribution in [0.5, 0.6) is 11.5 Å². The minimum atomic E-state index is -0.995. The van der Waals surface area contributed by atoms with Gasteiger partial charge in [0.05, 0.1) is 27.4 Å². The summed E-state index contributed by atoms with van der Waals surface area (Å²) in [6, 6.07) is 36.5. The second-order valence-corrected chi connectivity index (χ2v) is 13.5. The monoisotopic (exact) mass is 691 g/mol. The molecule has 0 saturated carbocycles. The molecular weight excluding hydrogens is 646 g/mol. The van der Waals surface area contributed by atoms with Gasteiger partial charge in [-0.05, 0) is 74.7 Å². The maximum Gasteiger partial charge on any atom is 0.413 e. The van der Waals surface area contributed by atoms with Gasteiger partial charge in [-0.25, -0.2) is 4.79 Å². The van der Waals surface area contributed by atoms with Crippen LogP contribution in [0.2, 0.25) is 0 Å². The maximum absolute atomic E-state index is 13.9. The number of nitrogens with zero attached hydrogens (tertiary/aromatic N) is 1. The minimum Gasteiger partial charge on any atom is -0.497 e. The molecule has 1 aliphatic heterocycles. The number of ether oxygens (including phenoxy) is 5. The summed E-state index contributed by atoms with van der Waals surface area (Å²) < 4.78 is 36.6. The van der Waals surface area contributed by atoms with E-state index in [2.05, 4.69) is 24.3 Å². The van der Waals surface area contributed by atoms with E-state index in [0.717, 1.165) is 28.0 Å². The van der Waals surface area contributed by atoms with Crippen LogP contribution in [0.15, 0.2) is 120 Å². The summed E-state index contributed by atoms with van der Waals surface area (Å²) in [4.78, 5) is 15.4. The van der Waals surface area contributed by atoms with Crippen molar-refractivity contribution in [2.45, 2.75) is 63.9 Å². The van der Waals surface area contributed by atoms with E-state index in [-0.39, 0.29) is 13.2 Å². The largest absolute Gasteiger partial charge is 0.497 e. The van der Waals surface area contributed by atoms with Crippen molar-refractivity contribution in [1.29, 1.82) is 0 Å². The van der Waals surface area contributed by atoms with Gasteiger partial charge in [-0.3, -0.25) is 4.90 Å². The molecule has 1 amide bonds. The third-order valence-corrected chi connectivity index (χ3v) is 9.03. The van der Waals surface area contributed by atoms with Gasteiger partial charge >= 0.3 is 6.09 Å². The van der Waals surface area contributed by atoms with Crippen LogP contribution in [0.1, 0.15) is 72.4 Å². The molecule has 1 aromatic heterocycles. The molecule has 0 aliphatic carbocycles. The smallest absolute Gasteiger partial charge is 0.413 e. The van der Waals surface area contributed by atoms with Gasteiger partial charge in [-0.2, -0.15) is 0 Å². The predicted octanol–water partition coefficient (Wildman–Crippen LogP) is 8.48. The predicted molar refractivity (Wildman–Crippen MR) is 193 cm³/mol. The summed E-state index contributed by atoms with van der Waals surface area (Å²) in [5.74, 6) is 2.47. The molecule has 4 aromatic carbocycles. The quantitative estimate of drug-likeness (QED) is 0.138. The van der Waals surface area contributed by atoms with Crippen molar-refractivity contribution in [3.05, 3.63) is 155 Å². The minimum absolute atomic E-state index is 0.164. The highest BCUT2D eigenvalue weighted by molar-refractivity contribution is 5.70. The molecule has 9 nitrogen and oxygen atoms in total. The lowest BCUT2D eigenvalue weighted by molar-refractivity contribution is -0.0320. The molecule has 5 aromatic rings. The normalized spacial score (nSPS) is 17.7. The van der Waals surface area contributed by atoms with Crippen molar-refractivity contribution < 1.29 is 38.0 Å². The van der Waals surface area contributed by atoms with Crippen LogP contribution in [0.4, 0.5) is 4.79 Å². The zero-order valence-electron chi connectivity index (χ0n) is 29.9. The van der Waals surface area contributed by atoms with Crippen LogP contribution in [-0.4, -0.2) is 48.6 Å². The first-order valence-electron chi connectivity index (χ1n) is 17.0. The van der Waals surface area contributed by atoms with Gasteiger partial charge in [0.1, 0.15) is 46.4 Å². The molecule has 1 aliphatic rings. The number of benzene rings is 4. The summed E-state index contributed by atoms with van der Waals surface area (Å²) >= 11 is 0. The van der Waals surface area contributed by atoms with Gasteiger partial charge in [0.15, 0.2) is 6.23 Å². The first kappa shape index (κ1) is 35.7. The van der Waals surface area contributed by atoms with Gasteiger partial charge in [0.2, 0.25) is 0 Å². The van der Waals surface area contributed by atoms with Gasteiger partial charge in [-0.15, -0.1) is 0 Å². The Labute approximate surface area is 299 Å². The number of carbonyl (C=O) groups excluding carboxylic acids is 1. The Bertz CT molecular complexity index is 1840. The Hall–Kier alpha value is -5.09. The van der Waals surface area contributed by atoms with E-state index in [0.29, 0.717) is 22.8 Å². The molecule has 9 heteroatoms. The molecular formula is C42H45NO8. The summed E-state index contributed by atoms with van der Waals surface area (Å²) in [7, 11) is 3.24. The zero-order chi connectivity index (χ0) is 36.2. The number of furan rings is 1. The SMILES string of the molecule is COc1ccc(C2O[C@@H](CO)[C@H](c3cc(COC(c4ccccc4)(c4ccccc4)c4ccc(OC)cc4)c(C)o3)N2C(=O)OC(C)(C)C)cc1. The lowest BCUT2D eigenvalue weighted by Gasteiger charge is -2.36. The van der Waals surface area contributed by atoms with Crippen LogP contribution < -0.4 is 9.47 Å². The Morgan fingerprint density at radius 2 is 1.31 bits per heavy atom. The average Bonchev–Trinajstić information content (AvgIpc) is 3.72. The fraction of sp³-hybridized carbons (Fsp3) is 0.310. The van der Waals surface area contributed by atoms with E-state index in [1.807, 2.05) is 107 Å². The Kier molecular flexibility index (Phi) is 10.5. The van der Waals surface area contributed by atoms with Crippen molar-refractivity contribution in [3.8, 4) is 11.5 Å². The third-order valence-electron chi connectivity index (χ3n) is 9.03. The molecule has 2 heterocycles. The lowest BCUT2D eigenvalue weighted by Crippen LogP contribution is -2.39. The summed E-state index contributed by atoms with van der Waals surface area (Å²) in [5.41, 5.74) is 2.53. The van der Waals surface area contributed by atoms with Gasteiger partial charge in [-0.1, -0.05) is 84.9 Å². The van der Waals surface area contributed by atoms with Crippen molar-refractivity contribution in [2.24, 2.45) is 0 Å². The van der Waals surface area contributed by atoms with Crippen molar-refractivity contribution in [3.63, 3.8) is 0 Å². The van der Waals surface area contributed by atoms with Gasteiger partial charge in [0, 0.05) is 11.1 Å². The van der Waals surface area contributed by atoms with Gasteiger partial charge in [0.25, 0.3) is 0 Å². The Morgan fingerprint density at radius 1 is 0.784 bits per heavy atom. The second kappa shape index (κ2) is 15.0. The lowest BCUT2D eigenvalue weighted by atomic mass is 9.80. The van der Waals surface area contributed by atoms with Crippen molar-refractivity contribution in [2.75, 3.05) is 20.8 Å². The van der Waals surface area contributed by atoms with Crippen LogP contribution in [-0.2, 0) is 26.4 Å².